The van der Waals surface area contributed by atoms with Gasteiger partial charge in [0, 0.05) is 17.7 Å². The van der Waals surface area contributed by atoms with Crippen molar-refractivity contribution in [2.45, 2.75) is 30.7 Å². The molecule has 4 aromatic rings. The largest absolute Gasteiger partial charge is 0.336 e. The molecule has 0 aliphatic rings. The van der Waals surface area contributed by atoms with Gasteiger partial charge >= 0.3 is 0 Å². The standard InChI is InChI=1S/C24H23N5O2S/c1-15(30)17-10-12-20(13-11-17)26-23(31)16(2)32-24-28-27-22(29(24)25)14-19-8-5-7-18-6-3-4-9-21(18)19/h3-13,16H,14,25H2,1-2H3,(H,26,31). The van der Waals surface area contributed by atoms with E-state index in [-0.39, 0.29) is 11.7 Å². The predicted octanol–water partition coefficient (Wildman–Crippen LogP) is 4.06. The van der Waals surface area contributed by atoms with Gasteiger partial charge in [-0.3, -0.25) is 9.59 Å². The SMILES string of the molecule is CC(=O)c1ccc(NC(=O)C(C)Sc2nnc(Cc3cccc4ccccc34)n2N)cc1. The zero-order valence-corrected chi connectivity index (χ0v) is 18.6. The number of fused-ring (bicyclic) bond motifs is 1. The lowest BCUT2D eigenvalue weighted by atomic mass is 10.0. The van der Waals surface area contributed by atoms with E-state index in [2.05, 4.69) is 39.8 Å². The summed E-state index contributed by atoms with van der Waals surface area (Å²) in [7, 11) is 0. The third-order valence-electron chi connectivity index (χ3n) is 5.17. The van der Waals surface area contributed by atoms with Gasteiger partial charge in [-0.1, -0.05) is 54.2 Å². The second kappa shape index (κ2) is 9.23. The highest BCUT2D eigenvalue weighted by atomic mass is 32.2. The smallest absolute Gasteiger partial charge is 0.237 e. The van der Waals surface area contributed by atoms with Gasteiger partial charge in [0.1, 0.15) is 0 Å². The Morgan fingerprint density at radius 1 is 1.03 bits per heavy atom. The van der Waals surface area contributed by atoms with E-state index in [0.717, 1.165) is 16.3 Å². The van der Waals surface area contributed by atoms with Gasteiger partial charge in [0.2, 0.25) is 11.1 Å². The lowest BCUT2D eigenvalue weighted by Gasteiger charge is -2.12. The van der Waals surface area contributed by atoms with Gasteiger partial charge in [0.15, 0.2) is 11.6 Å². The molecule has 3 N–H and O–H groups in total. The van der Waals surface area contributed by atoms with Crippen LogP contribution in [0.4, 0.5) is 5.69 Å². The van der Waals surface area contributed by atoms with Crippen LogP contribution < -0.4 is 11.2 Å². The monoisotopic (exact) mass is 445 g/mol. The van der Waals surface area contributed by atoms with Crippen LogP contribution in [-0.4, -0.2) is 31.8 Å². The van der Waals surface area contributed by atoms with Crippen molar-refractivity contribution in [2.75, 3.05) is 11.2 Å². The molecule has 1 heterocycles. The molecule has 4 rings (SSSR count). The first-order valence-electron chi connectivity index (χ1n) is 10.2. The zero-order valence-electron chi connectivity index (χ0n) is 17.8. The first-order valence-corrected chi connectivity index (χ1v) is 11.0. The molecule has 3 aromatic carbocycles. The van der Waals surface area contributed by atoms with Gasteiger partial charge in [-0.15, -0.1) is 10.2 Å². The van der Waals surface area contributed by atoms with Gasteiger partial charge in [-0.2, -0.15) is 0 Å². The van der Waals surface area contributed by atoms with Gasteiger partial charge in [0.05, 0.1) is 5.25 Å². The second-order valence-corrected chi connectivity index (χ2v) is 8.77. The van der Waals surface area contributed by atoms with Crippen LogP contribution in [0.15, 0.2) is 71.9 Å². The molecule has 0 fully saturated rings. The first kappa shape index (κ1) is 21.6. The number of aromatic nitrogens is 3. The van der Waals surface area contributed by atoms with Gasteiger partial charge < -0.3 is 11.2 Å². The van der Waals surface area contributed by atoms with Gasteiger partial charge in [-0.05, 0) is 54.4 Å². The molecule has 7 nitrogen and oxygen atoms in total. The summed E-state index contributed by atoms with van der Waals surface area (Å²) in [4.78, 5) is 24.0. The van der Waals surface area contributed by atoms with Crippen molar-refractivity contribution >= 4 is 39.9 Å². The molecule has 0 spiro atoms. The quantitative estimate of drug-likeness (QED) is 0.253. The number of hydrogen-bond acceptors (Lipinski definition) is 6. The van der Waals surface area contributed by atoms with Crippen molar-refractivity contribution in [1.29, 1.82) is 0 Å². The molecule has 0 saturated carbocycles. The van der Waals surface area contributed by atoms with E-state index in [0.29, 0.717) is 28.7 Å². The Morgan fingerprint density at radius 3 is 2.50 bits per heavy atom. The fourth-order valence-corrected chi connectivity index (χ4v) is 4.16. The summed E-state index contributed by atoms with van der Waals surface area (Å²) in [6, 6.07) is 21.1. The van der Waals surface area contributed by atoms with Crippen molar-refractivity contribution in [3.8, 4) is 0 Å². The highest BCUT2D eigenvalue weighted by Crippen LogP contribution is 2.25. The number of anilines is 1. The number of ketones is 1. The molecule has 0 saturated heterocycles. The highest BCUT2D eigenvalue weighted by Gasteiger charge is 2.20. The Morgan fingerprint density at radius 2 is 1.75 bits per heavy atom. The maximum atomic E-state index is 12.6. The lowest BCUT2D eigenvalue weighted by molar-refractivity contribution is -0.115. The Balaban J connectivity index is 1.43. The van der Waals surface area contributed by atoms with E-state index >= 15 is 0 Å². The molecule has 162 valence electrons. The molecule has 32 heavy (non-hydrogen) atoms. The van der Waals surface area contributed by atoms with Gasteiger partial charge in [0.25, 0.3) is 0 Å². The number of benzene rings is 3. The van der Waals surface area contributed by atoms with Crippen molar-refractivity contribution < 1.29 is 9.59 Å². The zero-order chi connectivity index (χ0) is 22.7. The molecule has 1 amide bonds. The predicted molar refractivity (Wildman–Crippen MR) is 127 cm³/mol. The number of nitrogens with two attached hydrogens (primary N) is 1. The normalized spacial score (nSPS) is 11.9. The second-order valence-electron chi connectivity index (χ2n) is 7.47. The third-order valence-corrected chi connectivity index (χ3v) is 6.23. The Bertz CT molecular complexity index is 1280. The number of amides is 1. The van der Waals surface area contributed by atoms with E-state index in [1.165, 1.54) is 23.4 Å². The van der Waals surface area contributed by atoms with Crippen LogP contribution in [0.3, 0.4) is 0 Å². The van der Waals surface area contributed by atoms with E-state index in [4.69, 9.17) is 5.84 Å². The van der Waals surface area contributed by atoms with E-state index < -0.39 is 5.25 Å². The van der Waals surface area contributed by atoms with Crippen molar-refractivity contribution in [3.63, 3.8) is 0 Å². The van der Waals surface area contributed by atoms with Crippen LogP contribution in [0.25, 0.3) is 10.8 Å². The Kier molecular flexibility index (Phi) is 6.23. The van der Waals surface area contributed by atoms with E-state index in [1.54, 1.807) is 31.2 Å². The number of nitrogens with zero attached hydrogens (tertiary/aromatic N) is 3. The molecule has 0 bridgehead atoms. The molecule has 8 heteroatoms. The van der Waals surface area contributed by atoms with E-state index in [9.17, 15) is 9.59 Å². The van der Waals surface area contributed by atoms with Crippen LogP contribution in [-0.2, 0) is 11.2 Å². The summed E-state index contributed by atoms with van der Waals surface area (Å²) in [5.74, 6) is 6.66. The average molecular weight is 446 g/mol. The number of carbonyl (C=O) groups excluding carboxylic acids is 2. The Labute approximate surface area is 190 Å². The maximum absolute atomic E-state index is 12.6. The van der Waals surface area contributed by atoms with Crippen LogP contribution in [0.1, 0.15) is 35.6 Å². The number of carbonyl (C=O) groups is 2. The van der Waals surface area contributed by atoms with Crippen molar-refractivity contribution in [1.82, 2.24) is 14.9 Å². The molecule has 1 unspecified atom stereocenters. The minimum atomic E-state index is -0.445. The first-order chi connectivity index (χ1) is 15.4. The van der Waals surface area contributed by atoms with Gasteiger partial charge in [-0.25, -0.2) is 4.68 Å². The molecule has 0 aliphatic carbocycles. The average Bonchev–Trinajstić information content (AvgIpc) is 3.13. The molecular formula is C24H23N5O2S. The maximum Gasteiger partial charge on any atom is 0.237 e. The molecule has 1 aromatic heterocycles. The summed E-state index contributed by atoms with van der Waals surface area (Å²) >= 11 is 1.24. The van der Waals surface area contributed by atoms with Crippen LogP contribution in [0.2, 0.25) is 0 Å². The summed E-state index contributed by atoms with van der Waals surface area (Å²) in [6.45, 7) is 3.28. The fourth-order valence-electron chi connectivity index (χ4n) is 3.37. The minimum absolute atomic E-state index is 0.0200. The molecule has 1 atom stereocenters. The number of nitrogen functional groups attached to an aromatic ring is 1. The number of thioether (sulfide) groups is 1. The number of rotatable bonds is 7. The van der Waals surface area contributed by atoms with Crippen LogP contribution in [0.5, 0.6) is 0 Å². The summed E-state index contributed by atoms with van der Waals surface area (Å²) < 4.78 is 1.44. The topological polar surface area (TPSA) is 103 Å². The molecule has 0 aliphatic heterocycles. The van der Waals surface area contributed by atoms with Crippen LogP contribution in [0, 0.1) is 0 Å². The number of nitrogens with one attached hydrogen (secondary N) is 1. The number of hydrogen-bond donors (Lipinski definition) is 2. The Hall–Kier alpha value is -3.65. The lowest BCUT2D eigenvalue weighted by Crippen LogP contribution is -2.24. The van der Waals surface area contributed by atoms with Crippen molar-refractivity contribution in [2.24, 2.45) is 0 Å². The molecular weight excluding hydrogens is 422 g/mol. The fraction of sp³-hybridized carbons (Fsp3) is 0.167. The van der Waals surface area contributed by atoms with Crippen LogP contribution >= 0.6 is 11.8 Å². The van der Waals surface area contributed by atoms with Crippen molar-refractivity contribution in [3.05, 3.63) is 83.7 Å². The molecule has 0 radical (unpaired) electrons. The third kappa shape index (κ3) is 4.65. The van der Waals surface area contributed by atoms with E-state index in [1.807, 2.05) is 18.2 Å². The summed E-state index contributed by atoms with van der Waals surface area (Å²) in [5.41, 5.74) is 2.33. The number of Topliss-reactive ketones (excluding diaryl/α,β-unsaturated/α-hetero) is 1. The summed E-state index contributed by atoms with van der Waals surface area (Å²) in [5, 5.41) is 13.6. The minimum Gasteiger partial charge on any atom is -0.336 e. The summed E-state index contributed by atoms with van der Waals surface area (Å²) in [6.07, 6.45) is 0.536. The highest BCUT2D eigenvalue weighted by molar-refractivity contribution is 8.00.